The van der Waals surface area contributed by atoms with E-state index in [4.69, 9.17) is 0 Å². The van der Waals surface area contributed by atoms with Crippen LogP contribution in [0, 0.1) is 0 Å². The number of hydrogen-bond donors (Lipinski definition) is 2. The van der Waals surface area contributed by atoms with Crippen LogP contribution in [0.4, 0.5) is 5.69 Å². The molecule has 4 nitrogen and oxygen atoms in total. The Morgan fingerprint density at radius 3 is 2.23 bits per heavy atom. The zero-order valence-electron chi connectivity index (χ0n) is 13.9. The topological polar surface area (TPSA) is 66.4 Å². The summed E-state index contributed by atoms with van der Waals surface area (Å²) in [6.45, 7) is 0. The van der Waals surface area contributed by atoms with Crippen LogP contribution in [-0.2, 0) is 0 Å². The first-order chi connectivity index (χ1) is 12.6. The molecule has 0 bridgehead atoms. The normalized spacial score (nSPS) is 10.3. The van der Waals surface area contributed by atoms with Crippen LogP contribution in [-0.4, -0.2) is 31.8 Å². The summed E-state index contributed by atoms with van der Waals surface area (Å²) >= 11 is -0.167. The third-order valence-electron chi connectivity index (χ3n) is 3.71. The van der Waals surface area contributed by atoms with Crippen LogP contribution in [0.5, 0.6) is 5.75 Å². The number of ketones is 1. The van der Waals surface area contributed by atoms with Crippen LogP contribution >= 0.6 is 0 Å². The Morgan fingerprint density at radius 1 is 0.846 bits per heavy atom. The second-order valence-electron chi connectivity index (χ2n) is 5.58. The zero-order chi connectivity index (χ0) is 18.4. The number of hydrogen-bond acceptors (Lipinski definition) is 3. The van der Waals surface area contributed by atoms with E-state index >= 15 is 0 Å². The van der Waals surface area contributed by atoms with Crippen molar-refractivity contribution in [2.75, 3.05) is 5.32 Å². The second kappa shape index (κ2) is 8.47. The molecule has 2 N–H and O–H groups in total. The van der Waals surface area contributed by atoms with E-state index in [1.807, 2.05) is 48.5 Å². The van der Waals surface area contributed by atoms with Crippen molar-refractivity contribution in [3.05, 3.63) is 90.0 Å². The Kier molecular flexibility index (Phi) is 5.84. The Hall–Kier alpha value is -2.88. The van der Waals surface area contributed by atoms with E-state index in [9.17, 15) is 14.7 Å². The summed E-state index contributed by atoms with van der Waals surface area (Å²) < 4.78 is 0.889. The van der Waals surface area contributed by atoms with Gasteiger partial charge < -0.3 is 0 Å². The summed E-state index contributed by atoms with van der Waals surface area (Å²) in [6.07, 6.45) is 0. The monoisotopic (exact) mass is 411 g/mol. The third kappa shape index (κ3) is 4.60. The van der Waals surface area contributed by atoms with E-state index in [-0.39, 0.29) is 32.4 Å². The van der Waals surface area contributed by atoms with Gasteiger partial charge >= 0.3 is 158 Å². The molecule has 3 rings (SSSR count). The summed E-state index contributed by atoms with van der Waals surface area (Å²) in [5.74, 6) is -0.0379. The van der Waals surface area contributed by atoms with Gasteiger partial charge in [0, 0.05) is 0 Å². The molecule has 0 atom stereocenters. The fraction of sp³-hybridized carbons (Fsp3) is 0.0476. The van der Waals surface area contributed by atoms with Crippen molar-refractivity contribution in [2.45, 2.75) is 5.32 Å². The van der Waals surface area contributed by atoms with Gasteiger partial charge in [0.05, 0.1) is 0 Å². The summed E-state index contributed by atoms with van der Waals surface area (Å²) in [6, 6.07) is 22.9. The zero-order valence-corrected chi connectivity index (χ0v) is 15.6. The molecule has 0 unspecified atom stereocenters. The predicted molar refractivity (Wildman–Crippen MR) is 103 cm³/mol. The van der Waals surface area contributed by atoms with Crippen molar-refractivity contribution in [2.24, 2.45) is 0 Å². The van der Waals surface area contributed by atoms with Crippen LogP contribution in [0.3, 0.4) is 0 Å². The van der Waals surface area contributed by atoms with Crippen LogP contribution < -0.4 is 9.78 Å². The number of amides is 1. The van der Waals surface area contributed by atoms with Crippen LogP contribution in [0.25, 0.3) is 0 Å². The van der Waals surface area contributed by atoms with Crippen LogP contribution in [0.2, 0.25) is 5.32 Å². The molecule has 0 saturated carbocycles. The van der Waals surface area contributed by atoms with Crippen molar-refractivity contribution in [1.29, 1.82) is 0 Å². The number of Topliss-reactive ketones (excluding diaryl/α,β-unsaturated/α-hetero) is 1. The van der Waals surface area contributed by atoms with Gasteiger partial charge in [0.2, 0.25) is 0 Å². The Labute approximate surface area is 158 Å². The van der Waals surface area contributed by atoms with Crippen molar-refractivity contribution >= 4 is 36.8 Å². The van der Waals surface area contributed by atoms with Gasteiger partial charge in [0.15, 0.2) is 0 Å². The number of carbonyl (C=O) groups is 2. The van der Waals surface area contributed by atoms with Gasteiger partial charge in [-0.2, -0.15) is 0 Å². The molecule has 130 valence electrons. The predicted octanol–water partition coefficient (Wildman–Crippen LogP) is 3.28. The molecule has 3 aromatic rings. The maximum absolute atomic E-state index is 12.6. The molecule has 0 saturated heterocycles. The summed E-state index contributed by atoms with van der Waals surface area (Å²) in [5.41, 5.74) is 1.89. The molecular formula is C21H17NO3Se. The van der Waals surface area contributed by atoms with E-state index in [2.05, 4.69) is 5.32 Å². The van der Waals surface area contributed by atoms with Crippen LogP contribution in [0.1, 0.15) is 20.7 Å². The third-order valence-corrected chi connectivity index (χ3v) is 5.96. The molecule has 26 heavy (non-hydrogen) atoms. The van der Waals surface area contributed by atoms with Crippen molar-refractivity contribution < 1.29 is 14.7 Å². The Morgan fingerprint density at radius 2 is 1.50 bits per heavy atom. The standard InChI is InChI=1S/C21H17NO3Se/c23-17-12-10-15(11-13-17)19(24)14-26-20-9-5-4-8-18(20)21(25)22-16-6-2-1-3-7-16/h1-13,23H,14H2,(H,22,25). The molecule has 0 fully saturated rings. The molecule has 3 aromatic carbocycles. The molecule has 0 heterocycles. The average Bonchev–Trinajstić information content (AvgIpc) is 2.67. The molecule has 0 aliphatic carbocycles. The van der Waals surface area contributed by atoms with Gasteiger partial charge in [-0.1, -0.05) is 0 Å². The number of phenols is 1. The minimum atomic E-state index is -0.175. The van der Waals surface area contributed by atoms with Crippen molar-refractivity contribution in [3.8, 4) is 5.75 Å². The number of phenolic OH excluding ortho intramolecular Hbond substituents is 1. The molecule has 1 amide bonds. The molecular weight excluding hydrogens is 393 g/mol. The summed E-state index contributed by atoms with van der Waals surface area (Å²) in [7, 11) is 0. The number of carbonyl (C=O) groups excluding carboxylic acids is 2. The van der Waals surface area contributed by atoms with Gasteiger partial charge in [-0.15, -0.1) is 0 Å². The maximum atomic E-state index is 12.6. The van der Waals surface area contributed by atoms with Gasteiger partial charge in [0.1, 0.15) is 0 Å². The number of anilines is 1. The SMILES string of the molecule is O=C(C[Se]c1ccccc1C(=O)Nc1ccccc1)c1ccc(O)cc1. The molecule has 0 aliphatic rings. The molecule has 0 aliphatic heterocycles. The van der Waals surface area contributed by atoms with Crippen LogP contribution in [0.15, 0.2) is 78.9 Å². The van der Waals surface area contributed by atoms with Gasteiger partial charge in [-0.3, -0.25) is 0 Å². The number of benzene rings is 3. The van der Waals surface area contributed by atoms with E-state index in [1.54, 1.807) is 18.2 Å². The van der Waals surface area contributed by atoms with Crippen molar-refractivity contribution in [1.82, 2.24) is 0 Å². The van der Waals surface area contributed by atoms with Gasteiger partial charge in [0.25, 0.3) is 0 Å². The van der Waals surface area contributed by atoms with E-state index in [0.717, 1.165) is 10.1 Å². The van der Waals surface area contributed by atoms with Gasteiger partial charge in [-0.05, 0) is 0 Å². The fourth-order valence-electron chi connectivity index (χ4n) is 2.37. The first kappa shape index (κ1) is 17.9. The molecule has 0 aromatic heterocycles. The quantitative estimate of drug-likeness (QED) is 0.484. The molecule has 0 radical (unpaired) electrons. The first-order valence-corrected chi connectivity index (χ1v) is 10.1. The Balaban J connectivity index is 1.70. The Bertz CT molecular complexity index is 908. The number of nitrogens with one attached hydrogen (secondary N) is 1. The van der Waals surface area contributed by atoms with Crippen molar-refractivity contribution in [3.63, 3.8) is 0 Å². The minimum absolute atomic E-state index is 0.00303. The second-order valence-corrected chi connectivity index (χ2v) is 7.71. The number of aromatic hydroxyl groups is 1. The molecule has 0 spiro atoms. The van der Waals surface area contributed by atoms with E-state index in [1.165, 1.54) is 12.1 Å². The summed E-state index contributed by atoms with van der Waals surface area (Å²) in [4.78, 5) is 24.9. The van der Waals surface area contributed by atoms with E-state index < -0.39 is 0 Å². The molecule has 5 heteroatoms. The van der Waals surface area contributed by atoms with E-state index in [0.29, 0.717) is 16.4 Å². The van der Waals surface area contributed by atoms with Gasteiger partial charge in [-0.25, -0.2) is 0 Å². The average molecular weight is 410 g/mol. The number of rotatable bonds is 6. The first-order valence-electron chi connectivity index (χ1n) is 8.04. The fourth-order valence-corrected chi connectivity index (χ4v) is 4.36. The summed E-state index contributed by atoms with van der Waals surface area (Å²) in [5, 5.41) is 12.6. The number of para-hydroxylation sites is 1.